The lowest BCUT2D eigenvalue weighted by Crippen LogP contribution is -2.31. The summed E-state index contributed by atoms with van der Waals surface area (Å²) >= 11 is 6.01. The molecule has 1 saturated heterocycles. The molecule has 1 amide bonds. The number of carbonyl (C=O) groups is 2. The third-order valence-corrected chi connectivity index (χ3v) is 6.94. The monoisotopic (exact) mass is 516 g/mol. The molecule has 7 nitrogen and oxygen atoms in total. The topological polar surface area (TPSA) is 91.9 Å². The number of amides is 1. The summed E-state index contributed by atoms with van der Waals surface area (Å²) in [5.74, 6) is -0.443. The van der Waals surface area contributed by atoms with E-state index in [0.29, 0.717) is 28.3 Å². The van der Waals surface area contributed by atoms with E-state index in [1.54, 1.807) is 43.5 Å². The quantitative estimate of drug-likeness (QED) is 0.192. The van der Waals surface area contributed by atoms with Crippen molar-refractivity contribution in [2.45, 2.75) is 12.5 Å². The molecule has 5 rings (SSSR count). The van der Waals surface area contributed by atoms with Gasteiger partial charge in [0, 0.05) is 39.8 Å². The van der Waals surface area contributed by atoms with Gasteiger partial charge in [-0.25, -0.2) is 0 Å². The molecule has 2 heterocycles. The number of ketones is 1. The van der Waals surface area contributed by atoms with Crippen LogP contribution in [0.2, 0.25) is 5.02 Å². The number of nitrogens with zero attached hydrogens (tertiary/aromatic N) is 1. The normalized spacial score (nSPS) is 16.9. The Bertz CT molecular complexity index is 1520. The van der Waals surface area contributed by atoms with Crippen molar-refractivity contribution in [3.63, 3.8) is 0 Å². The number of carbonyl (C=O) groups excluding carboxylic acids is 2. The minimum Gasteiger partial charge on any atom is -0.507 e. The number of nitrogens with one attached hydrogen (secondary N) is 1. The summed E-state index contributed by atoms with van der Waals surface area (Å²) in [7, 11) is 3.14. The molecule has 0 radical (unpaired) electrons. The number of methoxy groups -OCH3 is 2. The van der Waals surface area contributed by atoms with Crippen molar-refractivity contribution in [2.75, 3.05) is 20.8 Å². The van der Waals surface area contributed by atoms with Crippen LogP contribution in [0, 0.1) is 0 Å². The first kappa shape index (κ1) is 24.5. The van der Waals surface area contributed by atoms with Crippen LogP contribution < -0.4 is 9.47 Å². The SMILES string of the molecule is COc1ccc2[nH]cc(CCN3C(=O)C(=O)/C(=C(\O)c4ccc(Cl)cc4)C3c3ccccc3OC)c2c1. The van der Waals surface area contributed by atoms with Gasteiger partial charge in [-0.3, -0.25) is 9.59 Å². The minimum absolute atomic E-state index is 0.0115. The Morgan fingerprint density at radius 3 is 2.51 bits per heavy atom. The number of aromatic nitrogens is 1. The fourth-order valence-corrected chi connectivity index (χ4v) is 4.95. The highest BCUT2D eigenvalue weighted by atomic mass is 35.5. The molecule has 37 heavy (non-hydrogen) atoms. The van der Waals surface area contributed by atoms with Crippen LogP contribution in [-0.4, -0.2) is 47.4 Å². The Morgan fingerprint density at radius 2 is 1.78 bits per heavy atom. The molecule has 0 aliphatic carbocycles. The van der Waals surface area contributed by atoms with Crippen molar-refractivity contribution in [1.29, 1.82) is 0 Å². The van der Waals surface area contributed by atoms with Gasteiger partial charge in [0.2, 0.25) is 0 Å². The fourth-order valence-electron chi connectivity index (χ4n) is 4.82. The predicted octanol–water partition coefficient (Wildman–Crippen LogP) is 5.50. The first-order valence-corrected chi connectivity index (χ1v) is 12.1. The second-order valence-electron chi connectivity index (χ2n) is 8.72. The van der Waals surface area contributed by atoms with Gasteiger partial charge in [0.05, 0.1) is 25.8 Å². The lowest BCUT2D eigenvalue weighted by molar-refractivity contribution is -0.139. The Morgan fingerprint density at radius 1 is 1.03 bits per heavy atom. The number of hydrogen-bond acceptors (Lipinski definition) is 5. The molecule has 0 bridgehead atoms. The van der Waals surface area contributed by atoms with Crippen LogP contribution in [-0.2, 0) is 16.0 Å². The lowest BCUT2D eigenvalue weighted by atomic mass is 9.94. The molecule has 0 saturated carbocycles. The molecule has 1 aliphatic heterocycles. The van der Waals surface area contributed by atoms with Gasteiger partial charge in [-0.15, -0.1) is 0 Å². The molecule has 0 spiro atoms. The standard InChI is InChI=1S/C29H25ClN2O5/c1-36-20-11-12-23-22(15-20)18(16-31-23)13-14-32-26(21-5-3-4-6-24(21)37-2)25(28(34)29(32)35)27(33)17-7-9-19(30)10-8-17/h3-12,15-16,26,31,33H,13-14H2,1-2H3/b27-25-. The van der Waals surface area contributed by atoms with Gasteiger partial charge >= 0.3 is 0 Å². The van der Waals surface area contributed by atoms with Gasteiger partial charge in [-0.05, 0) is 60.5 Å². The van der Waals surface area contributed by atoms with Crippen molar-refractivity contribution in [3.8, 4) is 11.5 Å². The Balaban J connectivity index is 1.58. The van der Waals surface area contributed by atoms with E-state index in [9.17, 15) is 14.7 Å². The number of likely N-dealkylation sites (tertiary alicyclic amines) is 1. The molecule has 1 atom stereocenters. The summed E-state index contributed by atoms with van der Waals surface area (Å²) in [6.07, 6.45) is 2.37. The number of benzene rings is 3. The van der Waals surface area contributed by atoms with Crippen LogP contribution in [0.1, 0.15) is 22.7 Å². The maximum Gasteiger partial charge on any atom is 0.295 e. The molecule has 4 aromatic rings. The summed E-state index contributed by atoms with van der Waals surface area (Å²) in [4.78, 5) is 31.4. The summed E-state index contributed by atoms with van der Waals surface area (Å²) in [5.41, 5.74) is 2.94. The van der Waals surface area contributed by atoms with E-state index in [4.69, 9.17) is 21.1 Å². The van der Waals surface area contributed by atoms with Gasteiger partial charge in [0.15, 0.2) is 0 Å². The smallest absolute Gasteiger partial charge is 0.295 e. The van der Waals surface area contributed by atoms with E-state index in [-0.39, 0.29) is 17.9 Å². The molecule has 3 aromatic carbocycles. The number of rotatable bonds is 7. The molecule has 1 aromatic heterocycles. The second-order valence-corrected chi connectivity index (χ2v) is 9.15. The van der Waals surface area contributed by atoms with E-state index < -0.39 is 17.7 Å². The first-order chi connectivity index (χ1) is 17.9. The zero-order valence-electron chi connectivity index (χ0n) is 20.3. The molecule has 8 heteroatoms. The van der Waals surface area contributed by atoms with E-state index in [1.807, 2.05) is 36.5 Å². The number of halogens is 1. The third-order valence-electron chi connectivity index (χ3n) is 6.69. The zero-order chi connectivity index (χ0) is 26.1. The molecular weight excluding hydrogens is 492 g/mol. The molecule has 1 fully saturated rings. The van der Waals surface area contributed by atoms with Crippen LogP contribution in [0.25, 0.3) is 16.7 Å². The number of aromatic amines is 1. The number of Topliss-reactive ketones (excluding diaryl/α,β-unsaturated/α-hetero) is 1. The first-order valence-electron chi connectivity index (χ1n) is 11.7. The van der Waals surface area contributed by atoms with Crippen LogP contribution in [0.4, 0.5) is 0 Å². The highest BCUT2D eigenvalue weighted by Gasteiger charge is 2.46. The number of hydrogen-bond donors (Lipinski definition) is 2. The van der Waals surface area contributed by atoms with Gasteiger partial charge < -0.3 is 24.5 Å². The maximum absolute atomic E-state index is 13.4. The molecule has 188 valence electrons. The summed E-state index contributed by atoms with van der Waals surface area (Å²) in [5, 5.41) is 12.7. The number of aliphatic hydroxyl groups is 1. The van der Waals surface area contributed by atoms with E-state index in [1.165, 1.54) is 12.0 Å². The number of H-pyrrole nitrogens is 1. The van der Waals surface area contributed by atoms with Crippen molar-refractivity contribution in [1.82, 2.24) is 9.88 Å². The predicted molar refractivity (Wildman–Crippen MR) is 142 cm³/mol. The fraction of sp³-hybridized carbons (Fsp3) is 0.172. The average molecular weight is 517 g/mol. The lowest BCUT2D eigenvalue weighted by Gasteiger charge is -2.26. The van der Waals surface area contributed by atoms with Gasteiger partial charge in [-0.2, -0.15) is 0 Å². The molecule has 1 aliphatic rings. The van der Waals surface area contributed by atoms with Gasteiger partial charge in [-0.1, -0.05) is 29.8 Å². The van der Waals surface area contributed by atoms with Crippen molar-refractivity contribution in [2.24, 2.45) is 0 Å². The van der Waals surface area contributed by atoms with E-state index in [2.05, 4.69) is 4.98 Å². The van der Waals surface area contributed by atoms with Crippen molar-refractivity contribution < 1.29 is 24.2 Å². The van der Waals surface area contributed by atoms with Crippen LogP contribution in [0.15, 0.2) is 78.5 Å². The number of para-hydroxylation sites is 1. The van der Waals surface area contributed by atoms with E-state index in [0.717, 1.165) is 22.2 Å². The largest absolute Gasteiger partial charge is 0.507 e. The maximum atomic E-state index is 13.4. The highest BCUT2D eigenvalue weighted by molar-refractivity contribution is 6.46. The summed E-state index contributed by atoms with van der Waals surface area (Å²) in [6.45, 7) is 0.245. The van der Waals surface area contributed by atoms with Crippen LogP contribution in [0.3, 0.4) is 0 Å². The van der Waals surface area contributed by atoms with Crippen LogP contribution in [0.5, 0.6) is 11.5 Å². The second kappa shape index (κ2) is 10.0. The number of ether oxygens (including phenoxy) is 2. The third kappa shape index (κ3) is 4.42. The molecular formula is C29H25ClN2O5. The van der Waals surface area contributed by atoms with Crippen LogP contribution >= 0.6 is 11.6 Å². The highest BCUT2D eigenvalue weighted by Crippen LogP contribution is 2.43. The van der Waals surface area contributed by atoms with Crippen molar-refractivity contribution in [3.05, 3.63) is 100 Å². The number of fused-ring (bicyclic) bond motifs is 1. The Labute approximate surface area is 218 Å². The van der Waals surface area contributed by atoms with Crippen molar-refractivity contribution >= 4 is 40.0 Å². The Hall–Kier alpha value is -4.23. The average Bonchev–Trinajstić information content (AvgIpc) is 3.44. The van der Waals surface area contributed by atoms with E-state index >= 15 is 0 Å². The van der Waals surface area contributed by atoms with Gasteiger partial charge in [0.1, 0.15) is 17.3 Å². The zero-order valence-corrected chi connectivity index (χ0v) is 21.1. The summed E-state index contributed by atoms with van der Waals surface area (Å²) in [6, 6.07) is 18.6. The van der Waals surface area contributed by atoms with Gasteiger partial charge in [0.25, 0.3) is 11.7 Å². The molecule has 2 N–H and O–H groups in total. The Kier molecular flexibility index (Phi) is 6.63. The number of aliphatic hydroxyl groups excluding tert-OH is 1. The molecule has 1 unspecified atom stereocenters. The summed E-state index contributed by atoms with van der Waals surface area (Å²) < 4.78 is 10.9. The minimum atomic E-state index is -0.827.